The Hall–Kier alpha value is -1.44. The Morgan fingerprint density at radius 3 is 2.41 bits per heavy atom. The predicted octanol–water partition coefficient (Wildman–Crippen LogP) is 4.05. The standard InChI is InChI=1S/C15H20N2/c1-10(2)14-11-8-16-7-6-13(11)17-9-12(14)15(3,4)5/h6-10H,1-5H3. The van der Waals surface area contributed by atoms with Gasteiger partial charge in [-0.25, -0.2) is 0 Å². The van der Waals surface area contributed by atoms with Crippen molar-refractivity contribution in [2.24, 2.45) is 0 Å². The molecule has 2 heteroatoms. The minimum absolute atomic E-state index is 0.122. The molecule has 2 aromatic rings. The molecule has 0 N–H and O–H groups in total. The van der Waals surface area contributed by atoms with E-state index < -0.39 is 0 Å². The fraction of sp³-hybridized carbons (Fsp3) is 0.467. The molecule has 0 aromatic carbocycles. The maximum atomic E-state index is 4.55. The van der Waals surface area contributed by atoms with Gasteiger partial charge in [0.05, 0.1) is 5.52 Å². The van der Waals surface area contributed by atoms with Crippen LogP contribution in [0.5, 0.6) is 0 Å². The van der Waals surface area contributed by atoms with Crippen molar-refractivity contribution in [1.82, 2.24) is 9.97 Å². The molecule has 0 saturated heterocycles. The van der Waals surface area contributed by atoms with Crippen molar-refractivity contribution in [2.45, 2.75) is 46.0 Å². The number of fused-ring (bicyclic) bond motifs is 1. The van der Waals surface area contributed by atoms with Gasteiger partial charge < -0.3 is 0 Å². The van der Waals surface area contributed by atoms with E-state index in [2.05, 4.69) is 44.6 Å². The summed E-state index contributed by atoms with van der Waals surface area (Å²) in [5, 5.41) is 1.19. The molecule has 0 atom stereocenters. The summed E-state index contributed by atoms with van der Waals surface area (Å²) in [6.45, 7) is 11.2. The third-order valence-electron chi connectivity index (χ3n) is 3.10. The predicted molar refractivity (Wildman–Crippen MR) is 72.3 cm³/mol. The van der Waals surface area contributed by atoms with Crippen LogP contribution < -0.4 is 0 Å². The summed E-state index contributed by atoms with van der Waals surface area (Å²) >= 11 is 0. The fourth-order valence-corrected chi connectivity index (χ4v) is 2.28. The molecular weight excluding hydrogens is 208 g/mol. The Morgan fingerprint density at radius 2 is 1.82 bits per heavy atom. The van der Waals surface area contributed by atoms with Gasteiger partial charge in [0.2, 0.25) is 0 Å². The van der Waals surface area contributed by atoms with E-state index in [1.165, 1.54) is 16.5 Å². The molecule has 0 fully saturated rings. The minimum atomic E-state index is 0.122. The smallest absolute Gasteiger partial charge is 0.0735 e. The van der Waals surface area contributed by atoms with Gasteiger partial charge in [-0.1, -0.05) is 34.6 Å². The van der Waals surface area contributed by atoms with Crippen molar-refractivity contribution in [1.29, 1.82) is 0 Å². The molecule has 0 aliphatic rings. The van der Waals surface area contributed by atoms with Crippen LogP contribution in [-0.2, 0) is 5.41 Å². The molecular formula is C15H20N2. The van der Waals surface area contributed by atoms with Crippen LogP contribution >= 0.6 is 0 Å². The molecule has 17 heavy (non-hydrogen) atoms. The number of hydrogen-bond donors (Lipinski definition) is 0. The fourth-order valence-electron chi connectivity index (χ4n) is 2.28. The maximum Gasteiger partial charge on any atom is 0.0735 e. The van der Waals surface area contributed by atoms with E-state index in [4.69, 9.17) is 0 Å². The molecule has 0 bridgehead atoms. The second-order valence-electron chi connectivity index (χ2n) is 5.88. The number of aromatic nitrogens is 2. The Kier molecular flexibility index (Phi) is 2.90. The number of hydrogen-bond acceptors (Lipinski definition) is 2. The lowest BCUT2D eigenvalue weighted by Gasteiger charge is -2.25. The lowest BCUT2D eigenvalue weighted by molar-refractivity contribution is 0.576. The van der Waals surface area contributed by atoms with E-state index in [0.717, 1.165) is 5.52 Å². The summed E-state index contributed by atoms with van der Waals surface area (Å²) in [6, 6.07) is 1.98. The van der Waals surface area contributed by atoms with E-state index in [-0.39, 0.29) is 5.41 Å². The van der Waals surface area contributed by atoms with Crippen molar-refractivity contribution >= 4 is 10.9 Å². The second-order valence-corrected chi connectivity index (χ2v) is 5.88. The number of nitrogens with zero attached hydrogens (tertiary/aromatic N) is 2. The Bertz CT molecular complexity index is 536. The van der Waals surface area contributed by atoms with Crippen LogP contribution in [0.4, 0.5) is 0 Å². The molecule has 0 unspecified atom stereocenters. The molecule has 2 heterocycles. The zero-order valence-electron chi connectivity index (χ0n) is 11.3. The summed E-state index contributed by atoms with van der Waals surface area (Å²) in [5.41, 5.74) is 3.87. The van der Waals surface area contributed by atoms with Gasteiger partial charge in [0.25, 0.3) is 0 Å². The average Bonchev–Trinajstić information content (AvgIpc) is 2.26. The first kappa shape index (κ1) is 12.0. The zero-order chi connectivity index (χ0) is 12.6. The van der Waals surface area contributed by atoms with E-state index in [9.17, 15) is 0 Å². The van der Waals surface area contributed by atoms with Crippen molar-refractivity contribution < 1.29 is 0 Å². The molecule has 0 aliphatic carbocycles. The molecule has 90 valence electrons. The number of rotatable bonds is 1. The highest BCUT2D eigenvalue weighted by molar-refractivity contribution is 5.82. The Labute approximate surface area is 103 Å². The summed E-state index contributed by atoms with van der Waals surface area (Å²) in [7, 11) is 0. The van der Waals surface area contributed by atoms with Gasteiger partial charge in [-0.15, -0.1) is 0 Å². The van der Waals surface area contributed by atoms with Gasteiger partial charge >= 0.3 is 0 Å². The van der Waals surface area contributed by atoms with Crippen LogP contribution in [0.2, 0.25) is 0 Å². The highest BCUT2D eigenvalue weighted by Gasteiger charge is 2.21. The normalized spacial score (nSPS) is 12.4. The van der Waals surface area contributed by atoms with Crippen LogP contribution in [-0.4, -0.2) is 9.97 Å². The Morgan fingerprint density at radius 1 is 1.12 bits per heavy atom. The molecule has 0 spiro atoms. The van der Waals surface area contributed by atoms with Crippen LogP contribution in [0.25, 0.3) is 10.9 Å². The van der Waals surface area contributed by atoms with Crippen molar-refractivity contribution in [3.8, 4) is 0 Å². The van der Waals surface area contributed by atoms with Gasteiger partial charge in [-0.3, -0.25) is 9.97 Å². The van der Waals surface area contributed by atoms with Crippen molar-refractivity contribution in [3.63, 3.8) is 0 Å². The zero-order valence-corrected chi connectivity index (χ0v) is 11.3. The van der Waals surface area contributed by atoms with Crippen molar-refractivity contribution in [2.75, 3.05) is 0 Å². The van der Waals surface area contributed by atoms with Crippen LogP contribution in [0.3, 0.4) is 0 Å². The second kappa shape index (κ2) is 4.10. The van der Waals surface area contributed by atoms with Crippen LogP contribution in [0.15, 0.2) is 24.7 Å². The lowest BCUT2D eigenvalue weighted by Crippen LogP contribution is -2.16. The van der Waals surface area contributed by atoms with Gasteiger partial charge in [0.1, 0.15) is 0 Å². The topological polar surface area (TPSA) is 25.8 Å². The molecule has 2 nitrogen and oxygen atoms in total. The molecule has 2 rings (SSSR count). The summed E-state index contributed by atoms with van der Waals surface area (Å²) in [6.07, 6.45) is 5.76. The lowest BCUT2D eigenvalue weighted by atomic mass is 9.80. The third-order valence-corrected chi connectivity index (χ3v) is 3.10. The van der Waals surface area contributed by atoms with Gasteiger partial charge in [-0.2, -0.15) is 0 Å². The van der Waals surface area contributed by atoms with E-state index >= 15 is 0 Å². The van der Waals surface area contributed by atoms with Crippen LogP contribution in [0, 0.1) is 0 Å². The highest BCUT2D eigenvalue weighted by Crippen LogP contribution is 2.34. The summed E-state index contributed by atoms with van der Waals surface area (Å²) < 4.78 is 0. The Balaban J connectivity index is 2.82. The number of pyridine rings is 2. The van der Waals surface area contributed by atoms with Crippen LogP contribution in [0.1, 0.15) is 51.7 Å². The maximum absolute atomic E-state index is 4.55. The van der Waals surface area contributed by atoms with Crippen molar-refractivity contribution in [3.05, 3.63) is 35.8 Å². The van der Waals surface area contributed by atoms with E-state index in [0.29, 0.717) is 5.92 Å². The summed E-state index contributed by atoms with van der Waals surface area (Å²) in [4.78, 5) is 8.79. The minimum Gasteiger partial charge on any atom is -0.264 e. The van der Waals surface area contributed by atoms with E-state index in [1.54, 1.807) is 6.20 Å². The first-order valence-corrected chi connectivity index (χ1v) is 6.14. The molecule has 0 amide bonds. The molecule has 0 aliphatic heterocycles. The first-order valence-electron chi connectivity index (χ1n) is 6.14. The van der Waals surface area contributed by atoms with Gasteiger partial charge in [-0.05, 0) is 28.5 Å². The SMILES string of the molecule is CC(C)c1c(C(C)(C)C)cnc2ccncc12. The first-order chi connectivity index (χ1) is 7.91. The largest absolute Gasteiger partial charge is 0.264 e. The highest BCUT2D eigenvalue weighted by atomic mass is 14.7. The molecule has 0 saturated carbocycles. The quantitative estimate of drug-likeness (QED) is 0.736. The average molecular weight is 228 g/mol. The molecule has 0 radical (unpaired) electrons. The van der Waals surface area contributed by atoms with Gasteiger partial charge in [0.15, 0.2) is 0 Å². The monoisotopic (exact) mass is 228 g/mol. The molecule has 2 aromatic heterocycles. The van der Waals surface area contributed by atoms with E-state index in [1.807, 2.05) is 18.5 Å². The van der Waals surface area contributed by atoms with Gasteiger partial charge in [0, 0.05) is 24.0 Å². The third kappa shape index (κ3) is 2.17. The summed E-state index contributed by atoms with van der Waals surface area (Å²) in [5.74, 6) is 0.485.